The second-order valence-electron chi connectivity index (χ2n) is 8.02. The summed E-state index contributed by atoms with van der Waals surface area (Å²) in [5, 5.41) is 3.81. The Hall–Kier alpha value is -3.00. The number of fused-ring (bicyclic) bond motifs is 1. The summed E-state index contributed by atoms with van der Waals surface area (Å²) in [6.45, 7) is 3.21. The fraction of sp³-hybridized carbons (Fsp3) is 0.348. The van der Waals surface area contributed by atoms with Gasteiger partial charge in [0.05, 0.1) is 16.7 Å². The van der Waals surface area contributed by atoms with Gasteiger partial charge in [-0.05, 0) is 48.7 Å². The van der Waals surface area contributed by atoms with E-state index in [0.29, 0.717) is 43.1 Å². The van der Waals surface area contributed by atoms with E-state index in [4.69, 9.17) is 9.47 Å². The number of halogens is 3. The molecule has 0 spiro atoms. The van der Waals surface area contributed by atoms with Crippen LogP contribution < -0.4 is 10.1 Å². The van der Waals surface area contributed by atoms with Gasteiger partial charge in [0, 0.05) is 30.3 Å². The highest BCUT2D eigenvalue weighted by Gasteiger charge is 2.35. The summed E-state index contributed by atoms with van der Waals surface area (Å²) in [5.74, 6) is 0.507. The molecule has 1 saturated heterocycles. The third kappa shape index (κ3) is 4.69. The highest BCUT2D eigenvalue weighted by Crippen LogP contribution is 2.34. The molecule has 3 aromatic rings. The van der Waals surface area contributed by atoms with Crippen LogP contribution in [-0.2, 0) is 22.3 Å². The summed E-state index contributed by atoms with van der Waals surface area (Å²) in [6.07, 6.45) is -1.28. The van der Waals surface area contributed by atoms with Crippen molar-refractivity contribution >= 4 is 22.5 Å². The van der Waals surface area contributed by atoms with Gasteiger partial charge in [-0.25, -0.2) is 0 Å². The Balaban J connectivity index is 1.46. The first-order chi connectivity index (χ1) is 14.7. The molecule has 0 saturated carbocycles. The molecule has 1 aliphatic heterocycles. The molecular formula is C23H23F3N2O3. The molecule has 164 valence electrons. The topological polar surface area (TPSA) is 63.4 Å². The molecule has 1 aliphatic rings. The highest BCUT2D eigenvalue weighted by molar-refractivity contribution is 6.03. The molecule has 1 amide bonds. The lowest BCUT2D eigenvalue weighted by Crippen LogP contribution is -2.38. The van der Waals surface area contributed by atoms with Crippen molar-refractivity contribution in [1.29, 1.82) is 0 Å². The molecule has 5 nitrogen and oxygen atoms in total. The van der Waals surface area contributed by atoms with E-state index in [1.54, 1.807) is 18.3 Å². The molecule has 2 aromatic carbocycles. The number of carbonyl (C=O) groups is 1. The number of nitrogens with one attached hydrogen (secondary N) is 2. The summed E-state index contributed by atoms with van der Waals surface area (Å²) in [7, 11) is 0. The van der Waals surface area contributed by atoms with E-state index in [0.717, 1.165) is 23.0 Å². The van der Waals surface area contributed by atoms with Gasteiger partial charge >= 0.3 is 6.18 Å². The monoisotopic (exact) mass is 432 g/mol. The number of H-pyrrole nitrogens is 1. The molecule has 0 aliphatic carbocycles. The van der Waals surface area contributed by atoms with Crippen molar-refractivity contribution in [2.75, 3.05) is 18.5 Å². The first-order valence-corrected chi connectivity index (χ1v) is 10.0. The summed E-state index contributed by atoms with van der Waals surface area (Å²) >= 11 is 0. The first kappa shape index (κ1) is 21.2. The Labute approximate surface area is 177 Å². The van der Waals surface area contributed by atoms with Crippen LogP contribution >= 0.6 is 0 Å². The third-order valence-corrected chi connectivity index (χ3v) is 5.73. The van der Waals surface area contributed by atoms with Gasteiger partial charge < -0.3 is 19.8 Å². The van der Waals surface area contributed by atoms with Crippen LogP contribution in [0.5, 0.6) is 5.75 Å². The number of hydrogen-bond donors (Lipinski definition) is 2. The van der Waals surface area contributed by atoms with Gasteiger partial charge in [-0.15, -0.1) is 0 Å². The molecular weight excluding hydrogens is 409 g/mol. The summed E-state index contributed by atoms with van der Waals surface area (Å²) < 4.78 is 49.2. The predicted octanol–water partition coefficient (Wildman–Crippen LogP) is 5.52. The fourth-order valence-corrected chi connectivity index (χ4v) is 3.57. The Bertz CT molecular complexity index is 1070. The zero-order valence-corrected chi connectivity index (χ0v) is 17.0. The smallest absolute Gasteiger partial charge is 0.416 e. The average molecular weight is 432 g/mol. The highest BCUT2D eigenvalue weighted by atomic mass is 19.4. The molecule has 4 rings (SSSR count). The van der Waals surface area contributed by atoms with Crippen molar-refractivity contribution in [3.8, 4) is 5.75 Å². The van der Waals surface area contributed by atoms with E-state index in [1.807, 2.05) is 13.0 Å². The fourth-order valence-electron chi connectivity index (χ4n) is 3.57. The van der Waals surface area contributed by atoms with Gasteiger partial charge in [-0.2, -0.15) is 13.2 Å². The second kappa shape index (κ2) is 8.26. The number of alkyl halides is 3. The molecule has 0 unspecified atom stereocenters. The van der Waals surface area contributed by atoms with Crippen molar-refractivity contribution in [3.63, 3.8) is 0 Å². The maximum atomic E-state index is 12.8. The molecule has 1 fully saturated rings. The van der Waals surface area contributed by atoms with Crippen LogP contribution in [0.2, 0.25) is 0 Å². The number of aromatic amines is 1. The number of benzene rings is 2. The summed E-state index contributed by atoms with van der Waals surface area (Å²) in [5.41, 5.74) is 0.965. The molecule has 0 atom stereocenters. The van der Waals surface area contributed by atoms with Gasteiger partial charge in [0.25, 0.3) is 0 Å². The van der Waals surface area contributed by atoms with E-state index in [-0.39, 0.29) is 12.5 Å². The lowest BCUT2D eigenvalue weighted by Gasteiger charge is -2.31. The van der Waals surface area contributed by atoms with Crippen LogP contribution in [0.3, 0.4) is 0 Å². The van der Waals surface area contributed by atoms with E-state index in [1.165, 1.54) is 12.1 Å². The number of carbonyl (C=O) groups excluding carboxylic acids is 1. The normalized spacial score (nSPS) is 16.3. The Morgan fingerprint density at radius 3 is 2.55 bits per heavy atom. The van der Waals surface area contributed by atoms with Crippen molar-refractivity contribution in [2.24, 2.45) is 5.41 Å². The Morgan fingerprint density at radius 2 is 1.87 bits per heavy atom. The zero-order chi connectivity index (χ0) is 22.1. The van der Waals surface area contributed by atoms with Crippen molar-refractivity contribution < 1.29 is 27.4 Å². The second-order valence-corrected chi connectivity index (χ2v) is 8.02. The van der Waals surface area contributed by atoms with Gasteiger partial charge in [-0.1, -0.05) is 19.1 Å². The summed E-state index contributed by atoms with van der Waals surface area (Å²) in [6, 6.07) is 10.3. The molecule has 1 aromatic heterocycles. The maximum absolute atomic E-state index is 12.8. The molecule has 0 bridgehead atoms. The number of aromatic nitrogens is 1. The standard InChI is InChI=1S/C23H23F3N2O3/c1-22(8-10-30-11-9-22)21(29)28-20-13-27-19-7-6-17(12-18(19)20)31-14-15-2-4-16(5-3-15)23(24,25)26/h2-7,12-13,27H,8-11,14H2,1H3,(H,28,29). The molecule has 2 N–H and O–H groups in total. The minimum atomic E-state index is -4.36. The third-order valence-electron chi connectivity index (χ3n) is 5.73. The van der Waals surface area contributed by atoms with Crippen molar-refractivity contribution in [1.82, 2.24) is 4.98 Å². The largest absolute Gasteiger partial charge is 0.489 e. The van der Waals surface area contributed by atoms with Crippen LogP contribution in [0.25, 0.3) is 10.9 Å². The minimum Gasteiger partial charge on any atom is -0.489 e. The van der Waals surface area contributed by atoms with E-state index >= 15 is 0 Å². The van der Waals surface area contributed by atoms with Gasteiger partial charge in [0.1, 0.15) is 12.4 Å². The molecule has 2 heterocycles. The van der Waals surface area contributed by atoms with E-state index in [9.17, 15) is 18.0 Å². The van der Waals surface area contributed by atoms with E-state index in [2.05, 4.69) is 10.3 Å². The molecule has 31 heavy (non-hydrogen) atoms. The number of anilines is 1. The maximum Gasteiger partial charge on any atom is 0.416 e. The van der Waals surface area contributed by atoms with Gasteiger partial charge in [0.2, 0.25) is 5.91 Å². The van der Waals surface area contributed by atoms with Crippen LogP contribution in [0.15, 0.2) is 48.7 Å². The number of rotatable bonds is 5. The first-order valence-electron chi connectivity index (χ1n) is 10.0. The number of amides is 1. The van der Waals surface area contributed by atoms with E-state index < -0.39 is 17.2 Å². The van der Waals surface area contributed by atoms with Crippen LogP contribution in [-0.4, -0.2) is 24.1 Å². The predicted molar refractivity (Wildman–Crippen MR) is 111 cm³/mol. The lowest BCUT2D eigenvalue weighted by molar-refractivity contribution is -0.137. The van der Waals surface area contributed by atoms with Crippen LogP contribution in [0, 0.1) is 5.41 Å². The summed E-state index contributed by atoms with van der Waals surface area (Å²) in [4.78, 5) is 16.0. The van der Waals surface area contributed by atoms with Crippen LogP contribution in [0.4, 0.5) is 18.9 Å². The number of hydrogen-bond acceptors (Lipinski definition) is 3. The van der Waals surface area contributed by atoms with Crippen LogP contribution in [0.1, 0.15) is 30.9 Å². The van der Waals surface area contributed by atoms with Gasteiger partial charge in [-0.3, -0.25) is 4.79 Å². The lowest BCUT2D eigenvalue weighted by atomic mass is 9.81. The Morgan fingerprint density at radius 1 is 1.16 bits per heavy atom. The Kier molecular flexibility index (Phi) is 5.66. The number of ether oxygens (including phenoxy) is 2. The average Bonchev–Trinajstić information content (AvgIpc) is 3.14. The van der Waals surface area contributed by atoms with Crippen molar-refractivity contribution in [2.45, 2.75) is 32.5 Å². The quantitative estimate of drug-likeness (QED) is 0.558. The zero-order valence-electron chi connectivity index (χ0n) is 17.0. The van der Waals surface area contributed by atoms with Crippen molar-refractivity contribution in [3.05, 3.63) is 59.8 Å². The molecule has 8 heteroatoms. The SMILES string of the molecule is CC1(C(=O)Nc2c[nH]c3ccc(OCc4ccc(C(F)(F)F)cc4)cc23)CCOCC1. The minimum absolute atomic E-state index is 0.0484. The van der Waals surface area contributed by atoms with Gasteiger partial charge in [0.15, 0.2) is 0 Å². The molecule has 0 radical (unpaired) electrons.